The van der Waals surface area contributed by atoms with Gasteiger partial charge in [0.25, 0.3) is 0 Å². The highest BCUT2D eigenvalue weighted by atomic mass is 16.3. The van der Waals surface area contributed by atoms with E-state index in [1.165, 1.54) is 0 Å². The number of carbonyl (C=O) groups is 1. The van der Waals surface area contributed by atoms with Gasteiger partial charge in [-0.25, -0.2) is 0 Å². The lowest BCUT2D eigenvalue weighted by Gasteiger charge is -2.41. The Morgan fingerprint density at radius 3 is 2.53 bits per heavy atom. The molecule has 15 heavy (non-hydrogen) atoms. The Labute approximate surface area is 89.9 Å². The summed E-state index contributed by atoms with van der Waals surface area (Å²) in [6, 6.07) is 7.65. The first-order valence-corrected chi connectivity index (χ1v) is 5.41. The second kappa shape index (κ2) is 3.78. The van der Waals surface area contributed by atoms with E-state index in [-0.39, 0.29) is 17.8 Å². The van der Waals surface area contributed by atoms with Gasteiger partial charge in [0.15, 0.2) is 5.78 Å². The Morgan fingerprint density at radius 2 is 2.07 bits per heavy atom. The quantitative estimate of drug-likeness (QED) is 0.767. The topological polar surface area (TPSA) is 37.3 Å². The van der Waals surface area contributed by atoms with E-state index < -0.39 is 0 Å². The summed E-state index contributed by atoms with van der Waals surface area (Å²) in [6.07, 6.45) is 3.13. The molecular formula is C13H16O2. The molecule has 1 saturated carbocycles. The fourth-order valence-corrected chi connectivity index (χ4v) is 2.37. The van der Waals surface area contributed by atoms with E-state index >= 15 is 0 Å². The molecule has 2 rings (SSSR count). The predicted molar refractivity (Wildman–Crippen MR) is 59.1 cm³/mol. The van der Waals surface area contributed by atoms with E-state index in [4.69, 9.17) is 0 Å². The van der Waals surface area contributed by atoms with Gasteiger partial charge in [-0.15, -0.1) is 0 Å². The van der Waals surface area contributed by atoms with Crippen molar-refractivity contribution in [1.82, 2.24) is 0 Å². The van der Waals surface area contributed by atoms with Gasteiger partial charge in [-0.05, 0) is 25.3 Å². The molecule has 0 unspecified atom stereocenters. The highest BCUT2D eigenvalue weighted by molar-refractivity contribution is 5.96. The van der Waals surface area contributed by atoms with Crippen molar-refractivity contribution in [3.05, 3.63) is 35.4 Å². The van der Waals surface area contributed by atoms with Crippen LogP contribution in [0.3, 0.4) is 0 Å². The predicted octanol–water partition coefficient (Wildman–Crippen LogP) is 2.30. The van der Waals surface area contributed by atoms with Gasteiger partial charge in [0, 0.05) is 11.0 Å². The minimum Gasteiger partial charge on any atom is -0.395 e. The van der Waals surface area contributed by atoms with Gasteiger partial charge < -0.3 is 5.11 Å². The molecule has 0 atom stereocenters. The van der Waals surface area contributed by atoms with Crippen molar-refractivity contribution in [3.8, 4) is 0 Å². The summed E-state index contributed by atoms with van der Waals surface area (Å²) in [5.74, 6) is 0.0883. The van der Waals surface area contributed by atoms with Crippen LogP contribution in [0.25, 0.3) is 0 Å². The molecule has 0 aliphatic heterocycles. The van der Waals surface area contributed by atoms with E-state index in [2.05, 4.69) is 0 Å². The van der Waals surface area contributed by atoms with Crippen LogP contribution in [0.1, 0.15) is 42.1 Å². The SMILES string of the molecule is CC(=O)c1ccccc1C1(CO)CCC1. The molecule has 1 aliphatic rings. The van der Waals surface area contributed by atoms with Crippen LogP contribution in [-0.2, 0) is 5.41 Å². The van der Waals surface area contributed by atoms with Crippen molar-refractivity contribution in [2.45, 2.75) is 31.6 Å². The van der Waals surface area contributed by atoms with Crippen molar-refractivity contribution in [2.75, 3.05) is 6.61 Å². The Kier molecular flexibility index (Phi) is 2.61. The fraction of sp³-hybridized carbons (Fsp3) is 0.462. The molecule has 1 fully saturated rings. The summed E-state index contributed by atoms with van der Waals surface area (Å²) in [5.41, 5.74) is 1.67. The molecule has 0 aromatic heterocycles. The van der Waals surface area contributed by atoms with Crippen LogP contribution in [0, 0.1) is 0 Å². The number of hydrogen-bond donors (Lipinski definition) is 1. The molecule has 0 bridgehead atoms. The van der Waals surface area contributed by atoms with Crippen molar-refractivity contribution in [1.29, 1.82) is 0 Å². The van der Waals surface area contributed by atoms with Crippen molar-refractivity contribution >= 4 is 5.78 Å². The molecule has 0 heterocycles. The minimum absolute atomic E-state index is 0.0883. The van der Waals surface area contributed by atoms with Gasteiger partial charge >= 0.3 is 0 Å². The smallest absolute Gasteiger partial charge is 0.160 e. The first-order chi connectivity index (χ1) is 7.19. The van der Waals surface area contributed by atoms with Crippen LogP contribution in [0.2, 0.25) is 0 Å². The van der Waals surface area contributed by atoms with E-state index in [9.17, 15) is 9.90 Å². The minimum atomic E-state index is -0.137. The van der Waals surface area contributed by atoms with Crippen LogP contribution in [0.15, 0.2) is 24.3 Å². The third-order valence-corrected chi connectivity index (χ3v) is 3.49. The molecule has 0 radical (unpaired) electrons. The van der Waals surface area contributed by atoms with E-state index in [0.29, 0.717) is 0 Å². The normalized spacial score (nSPS) is 18.3. The third-order valence-electron chi connectivity index (χ3n) is 3.49. The Morgan fingerprint density at radius 1 is 1.40 bits per heavy atom. The molecule has 1 N–H and O–H groups in total. The molecule has 80 valence electrons. The van der Waals surface area contributed by atoms with Crippen LogP contribution in [0.5, 0.6) is 0 Å². The van der Waals surface area contributed by atoms with Crippen LogP contribution in [0.4, 0.5) is 0 Å². The van der Waals surface area contributed by atoms with E-state index in [0.717, 1.165) is 30.4 Å². The number of ketones is 1. The van der Waals surface area contributed by atoms with E-state index in [1.54, 1.807) is 6.92 Å². The summed E-state index contributed by atoms with van der Waals surface area (Å²) in [7, 11) is 0. The fourth-order valence-electron chi connectivity index (χ4n) is 2.37. The summed E-state index contributed by atoms with van der Waals surface area (Å²) < 4.78 is 0. The average molecular weight is 204 g/mol. The molecule has 0 spiro atoms. The number of aliphatic hydroxyl groups excluding tert-OH is 1. The number of aliphatic hydroxyl groups is 1. The van der Waals surface area contributed by atoms with Gasteiger partial charge in [0.05, 0.1) is 6.61 Å². The summed E-state index contributed by atoms with van der Waals surface area (Å²) in [4.78, 5) is 11.5. The zero-order valence-corrected chi connectivity index (χ0v) is 8.99. The molecule has 0 amide bonds. The van der Waals surface area contributed by atoms with Crippen LogP contribution < -0.4 is 0 Å². The van der Waals surface area contributed by atoms with Crippen LogP contribution >= 0.6 is 0 Å². The van der Waals surface area contributed by atoms with Gasteiger partial charge in [0.1, 0.15) is 0 Å². The Hall–Kier alpha value is -1.15. The van der Waals surface area contributed by atoms with Gasteiger partial charge in [-0.2, -0.15) is 0 Å². The first kappa shape index (κ1) is 10.4. The zero-order chi connectivity index (χ0) is 10.9. The van der Waals surface area contributed by atoms with E-state index in [1.807, 2.05) is 24.3 Å². The second-order valence-electron chi connectivity index (χ2n) is 4.39. The van der Waals surface area contributed by atoms with Gasteiger partial charge in [-0.1, -0.05) is 30.7 Å². The van der Waals surface area contributed by atoms with Crippen molar-refractivity contribution in [3.63, 3.8) is 0 Å². The molecular weight excluding hydrogens is 188 g/mol. The Bertz CT molecular complexity index is 372. The first-order valence-electron chi connectivity index (χ1n) is 5.41. The van der Waals surface area contributed by atoms with Gasteiger partial charge in [0.2, 0.25) is 0 Å². The highest BCUT2D eigenvalue weighted by Gasteiger charge is 2.39. The number of Topliss-reactive ketones (excluding diaryl/α,β-unsaturated/α-hetero) is 1. The molecule has 0 saturated heterocycles. The maximum absolute atomic E-state index is 11.5. The lowest BCUT2D eigenvalue weighted by molar-refractivity contribution is 0.0991. The molecule has 1 aromatic carbocycles. The number of carbonyl (C=O) groups excluding carboxylic acids is 1. The summed E-state index contributed by atoms with van der Waals surface area (Å²) in [5, 5.41) is 9.48. The number of hydrogen-bond acceptors (Lipinski definition) is 2. The largest absolute Gasteiger partial charge is 0.395 e. The monoisotopic (exact) mass is 204 g/mol. The number of rotatable bonds is 3. The Balaban J connectivity index is 2.46. The van der Waals surface area contributed by atoms with Crippen molar-refractivity contribution < 1.29 is 9.90 Å². The molecule has 2 heteroatoms. The van der Waals surface area contributed by atoms with Crippen molar-refractivity contribution in [2.24, 2.45) is 0 Å². The maximum atomic E-state index is 11.5. The molecule has 2 nitrogen and oxygen atoms in total. The second-order valence-corrected chi connectivity index (χ2v) is 4.39. The lowest BCUT2D eigenvalue weighted by atomic mass is 9.63. The third kappa shape index (κ3) is 1.59. The van der Waals surface area contributed by atoms with Crippen LogP contribution in [-0.4, -0.2) is 17.5 Å². The maximum Gasteiger partial charge on any atom is 0.160 e. The molecule has 1 aromatic rings. The summed E-state index contributed by atoms with van der Waals surface area (Å²) in [6.45, 7) is 1.74. The standard InChI is InChI=1S/C13H16O2/c1-10(15)11-5-2-3-6-12(11)13(9-14)7-4-8-13/h2-3,5-6,14H,4,7-9H2,1H3. The highest BCUT2D eigenvalue weighted by Crippen LogP contribution is 2.44. The molecule has 1 aliphatic carbocycles. The lowest BCUT2D eigenvalue weighted by Crippen LogP contribution is -2.39. The zero-order valence-electron chi connectivity index (χ0n) is 8.99. The summed E-state index contributed by atoms with van der Waals surface area (Å²) >= 11 is 0. The van der Waals surface area contributed by atoms with Gasteiger partial charge in [-0.3, -0.25) is 4.79 Å². The average Bonchev–Trinajstić information content (AvgIpc) is 2.17. The number of benzene rings is 1.